The molecule has 0 bridgehead atoms. The minimum absolute atomic E-state index is 0.0887. The predicted octanol–water partition coefficient (Wildman–Crippen LogP) is 2.70. The standard InChI is InChI=1S/C22H32F2N4O3/c1-20(23,24)12-17(18(29)13-21(14-25)4-5-21)26-19(30)28-10-11-31-22(15-28)6-8-27(9-7-22)16-2-3-16/h16-17H,2-13,15H2,1H3,(H,26,30)/t17-/m0/s1. The lowest BCUT2D eigenvalue weighted by molar-refractivity contribution is -0.128. The van der Waals surface area contributed by atoms with Gasteiger partial charge in [0.2, 0.25) is 5.92 Å². The molecule has 4 fully saturated rings. The minimum Gasteiger partial charge on any atom is -0.371 e. The number of halogens is 2. The molecule has 0 aromatic heterocycles. The van der Waals surface area contributed by atoms with Crippen molar-refractivity contribution in [2.75, 3.05) is 32.8 Å². The molecule has 4 rings (SSSR count). The Morgan fingerprint density at radius 1 is 1.23 bits per heavy atom. The third-order valence-electron chi connectivity index (χ3n) is 7.16. The normalized spacial score (nSPS) is 26.2. The van der Waals surface area contributed by atoms with E-state index in [1.807, 2.05) is 0 Å². The van der Waals surface area contributed by atoms with Crippen molar-refractivity contribution in [3.8, 4) is 6.07 Å². The van der Waals surface area contributed by atoms with Crippen molar-refractivity contribution in [2.24, 2.45) is 5.41 Å². The van der Waals surface area contributed by atoms with Crippen LogP contribution in [0.3, 0.4) is 0 Å². The van der Waals surface area contributed by atoms with Crippen LogP contribution in [0.25, 0.3) is 0 Å². The van der Waals surface area contributed by atoms with E-state index in [1.165, 1.54) is 12.8 Å². The number of rotatable bonds is 7. The molecule has 0 unspecified atom stereocenters. The van der Waals surface area contributed by atoms with Crippen molar-refractivity contribution >= 4 is 11.8 Å². The van der Waals surface area contributed by atoms with Crippen LogP contribution < -0.4 is 5.32 Å². The van der Waals surface area contributed by atoms with Gasteiger partial charge in [0.25, 0.3) is 0 Å². The van der Waals surface area contributed by atoms with Crippen LogP contribution in [0.1, 0.15) is 58.3 Å². The van der Waals surface area contributed by atoms with Crippen LogP contribution >= 0.6 is 0 Å². The first-order valence-corrected chi connectivity index (χ1v) is 11.4. The van der Waals surface area contributed by atoms with Crippen LogP contribution in [-0.4, -0.2) is 78.0 Å². The summed E-state index contributed by atoms with van der Waals surface area (Å²) in [7, 11) is 0. The molecule has 2 amide bonds. The van der Waals surface area contributed by atoms with E-state index in [2.05, 4.69) is 16.3 Å². The fourth-order valence-corrected chi connectivity index (χ4v) is 4.84. The van der Waals surface area contributed by atoms with Crippen LogP contribution in [-0.2, 0) is 9.53 Å². The van der Waals surface area contributed by atoms with E-state index in [-0.39, 0.29) is 6.42 Å². The average Bonchev–Trinajstić information content (AvgIpc) is 3.63. The van der Waals surface area contributed by atoms with E-state index < -0.39 is 41.2 Å². The number of ether oxygens (including phenoxy) is 1. The zero-order valence-electron chi connectivity index (χ0n) is 18.2. The Hall–Kier alpha value is -1.79. The molecular formula is C22H32F2N4O3. The number of alkyl halides is 2. The van der Waals surface area contributed by atoms with Gasteiger partial charge in [-0.1, -0.05) is 0 Å². The van der Waals surface area contributed by atoms with Gasteiger partial charge < -0.3 is 19.9 Å². The highest BCUT2D eigenvalue weighted by Gasteiger charge is 2.48. The number of carbonyl (C=O) groups excluding carboxylic acids is 2. The van der Waals surface area contributed by atoms with Gasteiger partial charge in [0.05, 0.1) is 36.3 Å². The van der Waals surface area contributed by atoms with Gasteiger partial charge in [-0.3, -0.25) is 4.79 Å². The van der Waals surface area contributed by atoms with Crippen LogP contribution in [0.5, 0.6) is 0 Å². The number of Topliss-reactive ketones (excluding diaryl/α,β-unsaturated/α-hetero) is 1. The summed E-state index contributed by atoms with van der Waals surface area (Å²) in [5.41, 5.74) is -1.13. The first kappa shape index (κ1) is 22.4. The van der Waals surface area contributed by atoms with Crippen molar-refractivity contribution in [1.29, 1.82) is 5.26 Å². The smallest absolute Gasteiger partial charge is 0.318 e. The van der Waals surface area contributed by atoms with E-state index in [4.69, 9.17) is 4.74 Å². The molecule has 1 N–H and O–H groups in total. The summed E-state index contributed by atoms with van der Waals surface area (Å²) in [5, 5.41) is 11.8. The Kier molecular flexibility index (Phi) is 5.99. The van der Waals surface area contributed by atoms with Gasteiger partial charge in [-0.15, -0.1) is 0 Å². The third kappa shape index (κ3) is 5.53. The fraction of sp³-hybridized carbons (Fsp3) is 0.864. The number of urea groups is 1. The predicted molar refractivity (Wildman–Crippen MR) is 109 cm³/mol. The number of likely N-dealkylation sites (tertiary alicyclic amines) is 1. The van der Waals surface area contributed by atoms with E-state index >= 15 is 0 Å². The SMILES string of the molecule is CC(F)(F)C[C@H](NC(=O)N1CCOC2(CCN(C3CC3)CC2)C1)C(=O)CC1(C#N)CC1. The second-order valence-corrected chi connectivity index (χ2v) is 10.0. The number of ketones is 1. The monoisotopic (exact) mass is 438 g/mol. The van der Waals surface area contributed by atoms with Crippen LogP contribution in [0.15, 0.2) is 0 Å². The lowest BCUT2D eigenvalue weighted by Crippen LogP contribution is -2.61. The van der Waals surface area contributed by atoms with Crippen molar-refractivity contribution in [3.63, 3.8) is 0 Å². The van der Waals surface area contributed by atoms with E-state index in [1.54, 1.807) is 4.90 Å². The highest BCUT2D eigenvalue weighted by atomic mass is 19.3. The molecule has 2 aliphatic heterocycles. The highest BCUT2D eigenvalue weighted by molar-refractivity contribution is 5.89. The second-order valence-electron chi connectivity index (χ2n) is 10.0. The molecule has 1 atom stereocenters. The molecule has 7 nitrogen and oxygen atoms in total. The van der Waals surface area contributed by atoms with Gasteiger partial charge in [0, 0.05) is 38.5 Å². The van der Waals surface area contributed by atoms with Gasteiger partial charge in [0.15, 0.2) is 5.78 Å². The lowest BCUT2D eigenvalue weighted by Gasteiger charge is -2.47. The molecule has 0 radical (unpaired) electrons. The number of hydrogen-bond donors (Lipinski definition) is 1. The van der Waals surface area contributed by atoms with Gasteiger partial charge >= 0.3 is 6.03 Å². The molecule has 4 aliphatic rings. The third-order valence-corrected chi connectivity index (χ3v) is 7.16. The van der Waals surface area contributed by atoms with Gasteiger partial charge in [-0.05, 0) is 45.4 Å². The van der Waals surface area contributed by atoms with Gasteiger partial charge in [-0.2, -0.15) is 5.26 Å². The lowest BCUT2D eigenvalue weighted by atomic mass is 9.89. The summed E-state index contributed by atoms with van der Waals surface area (Å²) in [6, 6.07) is 1.02. The number of nitrogens with zero attached hydrogens (tertiary/aromatic N) is 3. The average molecular weight is 439 g/mol. The summed E-state index contributed by atoms with van der Waals surface area (Å²) < 4.78 is 33.6. The highest BCUT2D eigenvalue weighted by Crippen LogP contribution is 2.48. The molecule has 172 valence electrons. The molecule has 31 heavy (non-hydrogen) atoms. The molecule has 1 spiro atoms. The largest absolute Gasteiger partial charge is 0.371 e. The molecule has 2 aliphatic carbocycles. The van der Waals surface area contributed by atoms with E-state index in [0.717, 1.165) is 32.9 Å². The van der Waals surface area contributed by atoms with Crippen molar-refractivity contribution < 1.29 is 23.1 Å². The Morgan fingerprint density at radius 2 is 1.90 bits per heavy atom. The molecule has 2 saturated carbocycles. The van der Waals surface area contributed by atoms with Gasteiger partial charge in [0.1, 0.15) is 0 Å². The zero-order valence-corrected chi connectivity index (χ0v) is 18.2. The Balaban J connectivity index is 1.36. The summed E-state index contributed by atoms with van der Waals surface area (Å²) in [6.45, 7) is 3.80. The first-order valence-electron chi connectivity index (χ1n) is 11.4. The number of piperidine rings is 1. The fourth-order valence-electron chi connectivity index (χ4n) is 4.84. The number of carbonyl (C=O) groups is 2. The summed E-state index contributed by atoms with van der Waals surface area (Å²) >= 11 is 0. The maximum absolute atomic E-state index is 13.7. The van der Waals surface area contributed by atoms with E-state index in [9.17, 15) is 23.6 Å². The van der Waals surface area contributed by atoms with E-state index in [0.29, 0.717) is 38.6 Å². The maximum Gasteiger partial charge on any atom is 0.318 e. The Bertz CT molecular complexity index is 747. The summed E-state index contributed by atoms with van der Waals surface area (Å²) in [4.78, 5) is 29.7. The topological polar surface area (TPSA) is 85.7 Å². The molecule has 2 saturated heterocycles. The van der Waals surface area contributed by atoms with Crippen LogP contribution in [0.4, 0.5) is 13.6 Å². The van der Waals surface area contributed by atoms with Crippen molar-refractivity contribution in [3.05, 3.63) is 0 Å². The maximum atomic E-state index is 13.7. The Morgan fingerprint density at radius 3 is 2.45 bits per heavy atom. The first-order chi connectivity index (χ1) is 14.6. The number of nitriles is 1. The van der Waals surface area contributed by atoms with Crippen LogP contribution in [0, 0.1) is 16.7 Å². The molecule has 0 aromatic rings. The number of morpholine rings is 1. The van der Waals surface area contributed by atoms with Crippen LogP contribution in [0.2, 0.25) is 0 Å². The van der Waals surface area contributed by atoms with Gasteiger partial charge in [-0.25, -0.2) is 13.6 Å². The number of hydrogen-bond acceptors (Lipinski definition) is 5. The quantitative estimate of drug-likeness (QED) is 0.661. The number of nitrogens with one attached hydrogen (secondary N) is 1. The molecule has 0 aromatic carbocycles. The summed E-state index contributed by atoms with van der Waals surface area (Å²) in [6.07, 6.45) is 4.55. The number of amides is 2. The van der Waals surface area contributed by atoms with Crippen molar-refractivity contribution in [1.82, 2.24) is 15.1 Å². The van der Waals surface area contributed by atoms with Crippen molar-refractivity contribution in [2.45, 2.75) is 81.9 Å². The molecular weight excluding hydrogens is 406 g/mol. The zero-order chi connectivity index (χ0) is 22.3. The Labute approximate surface area is 182 Å². The second kappa shape index (κ2) is 8.28. The summed E-state index contributed by atoms with van der Waals surface area (Å²) in [5.74, 6) is -3.59. The molecule has 2 heterocycles. The minimum atomic E-state index is -3.10. The molecule has 9 heteroatoms.